The van der Waals surface area contributed by atoms with Crippen molar-refractivity contribution in [1.29, 1.82) is 0 Å². The number of rotatable bonds is 4. The average molecular weight is 386 g/mol. The maximum absolute atomic E-state index is 12.1. The van der Waals surface area contributed by atoms with Gasteiger partial charge < -0.3 is 5.73 Å². The molecule has 0 bridgehead atoms. The Labute approximate surface area is 166 Å². The second-order valence-electron chi connectivity index (χ2n) is 8.09. The number of amides is 1. The van der Waals surface area contributed by atoms with Gasteiger partial charge in [-0.1, -0.05) is 49.4 Å². The number of aromatic nitrogens is 2. The molecule has 1 amide bonds. The molecule has 1 aromatic carbocycles. The topological polar surface area (TPSA) is 60.9 Å². The van der Waals surface area contributed by atoms with Crippen LogP contribution in [0.15, 0.2) is 24.3 Å². The summed E-state index contributed by atoms with van der Waals surface area (Å²) < 4.78 is 2.20. The maximum Gasteiger partial charge on any atom is 0.269 e. The van der Waals surface area contributed by atoms with Crippen molar-refractivity contribution in [2.45, 2.75) is 76.2 Å². The summed E-state index contributed by atoms with van der Waals surface area (Å²) in [7, 11) is 0. The highest BCUT2D eigenvalue weighted by molar-refractivity contribution is 6.30. The monoisotopic (exact) mass is 385 g/mol. The Bertz CT molecular complexity index is 823. The van der Waals surface area contributed by atoms with Gasteiger partial charge in [0.25, 0.3) is 5.91 Å². The Morgan fingerprint density at radius 3 is 2.67 bits per heavy atom. The molecule has 1 unspecified atom stereocenters. The molecular formula is C22H28ClN3O. The summed E-state index contributed by atoms with van der Waals surface area (Å²) in [5.41, 5.74) is 9.85. The Kier molecular flexibility index (Phi) is 5.53. The van der Waals surface area contributed by atoms with E-state index in [1.54, 1.807) is 0 Å². The smallest absolute Gasteiger partial charge is 0.269 e. The van der Waals surface area contributed by atoms with E-state index < -0.39 is 0 Å². The van der Waals surface area contributed by atoms with Gasteiger partial charge in [0.2, 0.25) is 0 Å². The van der Waals surface area contributed by atoms with Crippen molar-refractivity contribution < 1.29 is 4.79 Å². The van der Waals surface area contributed by atoms with Gasteiger partial charge in [-0.05, 0) is 56.2 Å². The number of halogens is 1. The minimum atomic E-state index is -0.385. The van der Waals surface area contributed by atoms with E-state index in [0.29, 0.717) is 17.7 Å². The minimum absolute atomic E-state index is 0.364. The lowest BCUT2D eigenvalue weighted by atomic mass is 9.89. The summed E-state index contributed by atoms with van der Waals surface area (Å²) in [6.07, 6.45) is 11.3. The molecule has 0 saturated heterocycles. The van der Waals surface area contributed by atoms with Crippen LogP contribution in [0, 0.1) is 0 Å². The van der Waals surface area contributed by atoms with Crippen LogP contribution in [-0.4, -0.2) is 15.7 Å². The first-order valence-corrected chi connectivity index (χ1v) is 10.7. The van der Waals surface area contributed by atoms with E-state index in [9.17, 15) is 4.79 Å². The van der Waals surface area contributed by atoms with E-state index in [1.807, 2.05) is 12.1 Å². The van der Waals surface area contributed by atoms with Gasteiger partial charge >= 0.3 is 0 Å². The van der Waals surface area contributed by atoms with Crippen LogP contribution in [-0.2, 0) is 12.8 Å². The zero-order chi connectivity index (χ0) is 18.8. The molecule has 1 aromatic heterocycles. The molecule has 2 N–H and O–H groups in total. The quantitative estimate of drug-likeness (QED) is 0.736. The molecule has 0 aliphatic heterocycles. The van der Waals surface area contributed by atoms with Crippen molar-refractivity contribution in [3.8, 4) is 0 Å². The fraction of sp³-hybridized carbons (Fsp3) is 0.545. The van der Waals surface area contributed by atoms with Crippen LogP contribution in [0.5, 0.6) is 0 Å². The highest BCUT2D eigenvalue weighted by Crippen LogP contribution is 2.39. The fourth-order valence-corrected chi connectivity index (χ4v) is 5.15. The Morgan fingerprint density at radius 1 is 1.15 bits per heavy atom. The van der Waals surface area contributed by atoms with Crippen LogP contribution >= 0.6 is 11.6 Å². The minimum Gasteiger partial charge on any atom is -0.364 e. The molecule has 4 rings (SSSR count). The van der Waals surface area contributed by atoms with Crippen LogP contribution in [0.4, 0.5) is 0 Å². The van der Waals surface area contributed by atoms with E-state index >= 15 is 0 Å². The summed E-state index contributed by atoms with van der Waals surface area (Å²) in [6, 6.07) is 8.54. The van der Waals surface area contributed by atoms with Crippen molar-refractivity contribution in [2.75, 3.05) is 0 Å². The molecule has 144 valence electrons. The van der Waals surface area contributed by atoms with Gasteiger partial charge in [0.1, 0.15) is 0 Å². The van der Waals surface area contributed by atoms with Crippen LogP contribution in [0.1, 0.15) is 90.6 Å². The molecule has 27 heavy (non-hydrogen) atoms. The van der Waals surface area contributed by atoms with E-state index in [1.165, 1.54) is 36.9 Å². The van der Waals surface area contributed by atoms with Crippen LogP contribution in [0.3, 0.4) is 0 Å². The summed E-state index contributed by atoms with van der Waals surface area (Å²) in [6.45, 7) is 0. The Morgan fingerprint density at radius 2 is 1.93 bits per heavy atom. The first-order valence-electron chi connectivity index (χ1n) is 10.3. The molecule has 0 radical (unpaired) electrons. The standard InChI is InChI=1S/C22H28ClN3O/c23-17-9-6-7-15(14-17)13-16-8-4-5-12-19-20(22(24)27)25-26(21(16)19)18-10-2-1-3-11-18/h6-7,9,14,16,18H,1-5,8,10-13H2,(H2,24,27). The molecular weight excluding hydrogens is 358 g/mol. The highest BCUT2D eigenvalue weighted by Gasteiger charge is 2.32. The lowest BCUT2D eigenvalue weighted by Gasteiger charge is -2.27. The van der Waals surface area contributed by atoms with Gasteiger partial charge in [0.05, 0.1) is 6.04 Å². The summed E-state index contributed by atoms with van der Waals surface area (Å²) in [4.78, 5) is 12.1. The van der Waals surface area contributed by atoms with Gasteiger partial charge in [-0.15, -0.1) is 0 Å². The summed E-state index contributed by atoms with van der Waals surface area (Å²) in [5, 5.41) is 5.56. The zero-order valence-electron chi connectivity index (χ0n) is 15.8. The van der Waals surface area contributed by atoms with Gasteiger partial charge in [0, 0.05) is 22.2 Å². The van der Waals surface area contributed by atoms with Crippen molar-refractivity contribution in [3.63, 3.8) is 0 Å². The number of carbonyl (C=O) groups excluding carboxylic acids is 1. The molecule has 1 fully saturated rings. The second-order valence-corrected chi connectivity index (χ2v) is 8.53. The molecule has 5 heteroatoms. The molecule has 1 saturated carbocycles. The van der Waals surface area contributed by atoms with Crippen LogP contribution in [0.2, 0.25) is 5.02 Å². The van der Waals surface area contributed by atoms with Gasteiger partial charge in [-0.25, -0.2) is 0 Å². The lowest BCUT2D eigenvalue weighted by molar-refractivity contribution is 0.0993. The number of hydrogen-bond acceptors (Lipinski definition) is 2. The largest absolute Gasteiger partial charge is 0.364 e. The van der Waals surface area contributed by atoms with E-state index in [0.717, 1.165) is 49.1 Å². The number of benzene rings is 1. The number of hydrogen-bond donors (Lipinski definition) is 1. The van der Waals surface area contributed by atoms with Crippen molar-refractivity contribution in [1.82, 2.24) is 9.78 Å². The predicted octanol–water partition coefficient (Wildman–Crippen LogP) is 5.19. The number of nitrogens with zero attached hydrogens (tertiary/aromatic N) is 2. The molecule has 2 aliphatic carbocycles. The molecule has 1 atom stereocenters. The third-order valence-corrected chi connectivity index (χ3v) is 6.43. The second kappa shape index (κ2) is 8.05. The molecule has 2 aliphatic rings. The highest BCUT2D eigenvalue weighted by atomic mass is 35.5. The van der Waals surface area contributed by atoms with E-state index in [4.69, 9.17) is 22.4 Å². The average Bonchev–Trinajstić information content (AvgIpc) is 2.93. The summed E-state index contributed by atoms with van der Waals surface area (Å²) >= 11 is 6.21. The first kappa shape index (κ1) is 18.5. The van der Waals surface area contributed by atoms with Gasteiger partial charge in [-0.3, -0.25) is 9.48 Å². The SMILES string of the molecule is NC(=O)c1nn(C2CCCCC2)c2c1CCCCC2Cc1cccc(Cl)c1. The summed E-state index contributed by atoms with van der Waals surface area (Å²) in [5.74, 6) is -0.0206. The number of nitrogens with two attached hydrogens (primary N) is 1. The Hall–Kier alpha value is -1.81. The fourth-order valence-electron chi connectivity index (χ4n) is 4.94. The zero-order valence-corrected chi connectivity index (χ0v) is 16.5. The first-order chi connectivity index (χ1) is 13.1. The number of carbonyl (C=O) groups is 1. The molecule has 2 aromatic rings. The predicted molar refractivity (Wildman–Crippen MR) is 108 cm³/mol. The number of fused-ring (bicyclic) bond motifs is 1. The normalized spacial score (nSPS) is 20.9. The van der Waals surface area contributed by atoms with E-state index in [-0.39, 0.29) is 5.91 Å². The van der Waals surface area contributed by atoms with Crippen molar-refractivity contribution >= 4 is 17.5 Å². The van der Waals surface area contributed by atoms with Gasteiger partial charge in [0.15, 0.2) is 5.69 Å². The van der Waals surface area contributed by atoms with E-state index in [2.05, 4.69) is 16.8 Å². The molecule has 0 spiro atoms. The Balaban J connectivity index is 1.76. The van der Waals surface area contributed by atoms with Crippen LogP contribution in [0.25, 0.3) is 0 Å². The van der Waals surface area contributed by atoms with Crippen molar-refractivity contribution in [2.24, 2.45) is 5.73 Å². The maximum atomic E-state index is 12.1. The third-order valence-electron chi connectivity index (χ3n) is 6.19. The number of primary amides is 1. The molecule has 1 heterocycles. The van der Waals surface area contributed by atoms with Gasteiger partial charge in [-0.2, -0.15) is 5.10 Å². The molecule has 4 nitrogen and oxygen atoms in total. The third kappa shape index (κ3) is 3.91. The van der Waals surface area contributed by atoms with Crippen molar-refractivity contribution in [3.05, 3.63) is 51.8 Å². The lowest BCUT2D eigenvalue weighted by Crippen LogP contribution is -2.20. The van der Waals surface area contributed by atoms with Crippen LogP contribution < -0.4 is 5.73 Å².